The fourth-order valence-corrected chi connectivity index (χ4v) is 3.11. The lowest BCUT2D eigenvalue weighted by molar-refractivity contribution is 0.0490. The molecular formula is C21H31NO2. The predicted octanol–water partition coefficient (Wildman–Crippen LogP) is 5.26. The molecule has 3 nitrogen and oxygen atoms in total. The number of hydrogen-bond acceptors (Lipinski definition) is 2. The van der Waals surface area contributed by atoms with Gasteiger partial charge in [-0.05, 0) is 70.8 Å². The van der Waals surface area contributed by atoms with Crippen molar-refractivity contribution in [1.29, 1.82) is 0 Å². The third-order valence-corrected chi connectivity index (χ3v) is 4.34. The number of amides is 1. The molecule has 2 rings (SSSR count). The summed E-state index contributed by atoms with van der Waals surface area (Å²) in [4.78, 5) is 11.8. The van der Waals surface area contributed by atoms with Gasteiger partial charge >= 0.3 is 6.09 Å². The molecule has 3 heteroatoms. The van der Waals surface area contributed by atoms with E-state index in [2.05, 4.69) is 47.8 Å². The smallest absolute Gasteiger partial charge is 0.407 e. The second kappa shape index (κ2) is 8.91. The number of hydrogen-bond donors (Lipinski definition) is 1. The second-order valence-corrected chi connectivity index (χ2v) is 7.71. The lowest BCUT2D eigenvalue weighted by Crippen LogP contribution is -2.40. The number of aryl methyl sites for hydroxylation is 1. The Labute approximate surface area is 146 Å². The Morgan fingerprint density at radius 3 is 2.46 bits per heavy atom. The summed E-state index contributed by atoms with van der Waals surface area (Å²) in [5, 5.41) is 3.00. The zero-order valence-electron chi connectivity index (χ0n) is 15.3. The zero-order chi connectivity index (χ0) is 17.4. The lowest BCUT2D eigenvalue weighted by atomic mass is 9.85. The number of rotatable bonds is 5. The number of carbonyl (C=O) groups excluding carboxylic acids is 1. The molecular weight excluding hydrogens is 298 g/mol. The Kier molecular flexibility index (Phi) is 6.89. The molecule has 132 valence electrons. The molecule has 0 atom stereocenters. The second-order valence-electron chi connectivity index (χ2n) is 7.71. The minimum atomic E-state index is -0.428. The number of ether oxygens (including phenoxy) is 1. The summed E-state index contributed by atoms with van der Waals surface area (Å²) in [5.74, 6) is 0.650. The molecule has 0 aromatic heterocycles. The van der Waals surface area contributed by atoms with Crippen LogP contribution in [0.25, 0.3) is 0 Å². The standard InChI is InChI=1S/C21H31NO2/c1-21(2,3)24-20(23)22-19-15-13-18(14-16-19)12-8-7-11-17-9-5-4-6-10-17/h4-6,8-10,12,18-19H,7,11,13-16H2,1-3H3,(H,22,23)/b12-8+. The summed E-state index contributed by atoms with van der Waals surface area (Å²) in [6.45, 7) is 5.68. The van der Waals surface area contributed by atoms with Gasteiger partial charge in [0.15, 0.2) is 0 Å². The first-order chi connectivity index (χ1) is 11.4. The van der Waals surface area contributed by atoms with Crippen molar-refractivity contribution in [3.05, 3.63) is 48.0 Å². The van der Waals surface area contributed by atoms with Crippen molar-refractivity contribution in [2.45, 2.75) is 70.9 Å². The Morgan fingerprint density at radius 1 is 1.17 bits per heavy atom. The molecule has 1 amide bonds. The van der Waals surface area contributed by atoms with Gasteiger partial charge in [-0.15, -0.1) is 0 Å². The van der Waals surface area contributed by atoms with Crippen molar-refractivity contribution >= 4 is 6.09 Å². The maximum atomic E-state index is 11.8. The van der Waals surface area contributed by atoms with Crippen molar-refractivity contribution in [3.63, 3.8) is 0 Å². The molecule has 0 radical (unpaired) electrons. The van der Waals surface area contributed by atoms with Gasteiger partial charge in [0.05, 0.1) is 0 Å². The van der Waals surface area contributed by atoms with E-state index in [4.69, 9.17) is 4.74 Å². The molecule has 0 heterocycles. The fraction of sp³-hybridized carbons (Fsp3) is 0.571. The molecule has 1 aromatic rings. The van der Waals surface area contributed by atoms with Crippen LogP contribution in [0.3, 0.4) is 0 Å². The van der Waals surface area contributed by atoms with Crippen molar-refractivity contribution in [2.75, 3.05) is 0 Å². The molecule has 1 aliphatic carbocycles. The highest BCUT2D eigenvalue weighted by atomic mass is 16.6. The first-order valence-electron chi connectivity index (χ1n) is 9.12. The van der Waals surface area contributed by atoms with Gasteiger partial charge in [0.25, 0.3) is 0 Å². The molecule has 1 aromatic carbocycles. The summed E-state index contributed by atoms with van der Waals surface area (Å²) >= 11 is 0. The van der Waals surface area contributed by atoms with E-state index in [1.807, 2.05) is 20.8 Å². The Balaban J connectivity index is 1.63. The molecule has 0 aliphatic heterocycles. The van der Waals surface area contributed by atoms with Crippen LogP contribution in [0.5, 0.6) is 0 Å². The first-order valence-corrected chi connectivity index (χ1v) is 9.12. The summed E-state index contributed by atoms with van der Waals surface area (Å²) in [6, 6.07) is 10.9. The van der Waals surface area contributed by atoms with Gasteiger partial charge in [0.1, 0.15) is 5.60 Å². The first kappa shape index (κ1) is 18.6. The topological polar surface area (TPSA) is 38.3 Å². The maximum Gasteiger partial charge on any atom is 0.407 e. The predicted molar refractivity (Wildman–Crippen MR) is 99.0 cm³/mol. The lowest BCUT2D eigenvalue weighted by Gasteiger charge is -2.28. The molecule has 0 saturated heterocycles. The third kappa shape index (κ3) is 7.20. The van der Waals surface area contributed by atoms with Crippen LogP contribution in [0.1, 0.15) is 58.4 Å². The van der Waals surface area contributed by atoms with E-state index in [1.54, 1.807) is 0 Å². The summed E-state index contributed by atoms with van der Waals surface area (Å²) in [6.07, 6.45) is 11.0. The van der Waals surface area contributed by atoms with Crippen LogP contribution in [0.4, 0.5) is 4.79 Å². The van der Waals surface area contributed by atoms with Gasteiger partial charge in [0, 0.05) is 6.04 Å². The molecule has 1 aliphatic rings. The van der Waals surface area contributed by atoms with Crippen LogP contribution in [-0.2, 0) is 11.2 Å². The summed E-state index contributed by atoms with van der Waals surface area (Å²) < 4.78 is 5.32. The van der Waals surface area contributed by atoms with Crippen LogP contribution in [0.15, 0.2) is 42.5 Å². The average Bonchev–Trinajstić information content (AvgIpc) is 2.52. The average molecular weight is 329 g/mol. The van der Waals surface area contributed by atoms with Crippen LogP contribution < -0.4 is 5.32 Å². The Hall–Kier alpha value is -1.77. The third-order valence-electron chi connectivity index (χ3n) is 4.34. The molecule has 0 unspecified atom stereocenters. The van der Waals surface area contributed by atoms with Gasteiger partial charge in [-0.1, -0.05) is 42.5 Å². The van der Waals surface area contributed by atoms with E-state index in [-0.39, 0.29) is 12.1 Å². The van der Waals surface area contributed by atoms with Crippen molar-refractivity contribution in [2.24, 2.45) is 5.92 Å². The highest BCUT2D eigenvalue weighted by Gasteiger charge is 2.23. The van der Waals surface area contributed by atoms with Gasteiger partial charge in [-0.25, -0.2) is 4.79 Å². The number of allylic oxidation sites excluding steroid dienone is 2. The Bertz CT molecular complexity index is 523. The van der Waals surface area contributed by atoms with Gasteiger partial charge in [-0.2, -0.15) is 0 Å². The van der Waals surface area contributed by atoms with Crippen molar-refractivity contribution in [3.8, 4) is 0 Å². The van der Waals surface area contributed by atoms with E-state index >= 15 is 0 Å². The zero-order valence-corrected chi connectivity index (χ0v) is 15.3. The minimum absolute atomic E-state index is 0.258. The van der Waals surface area contributed by atoms with Crippen LogP contribution >= 0.6 is 0 Å². The van der Waals surface area contributed by atoms with E-state index in [0.29, 0.717) is 5.92 Å². The van der Waals surface area contributed by atoms with Gasteiger partial charge in [-0.3, -0.25) is 0 Å². The number of carbonyl (C=O) groups is 1. The van der Waals surface area contributed by atoms with Crippen LogP contribution in [-0.4, -0.2) is 17.7 Å². The fourth-order valence-electron chi connectivity index (χ4n) is 3.11. The quantitative estimate of drug-likeness (QED) is 0.748. The monoisotopic (exact) mass is 329 g/mol. The largest absolute Gasteiger partial charge is 0.444 e. The molecule has 1 N–H and O–H groups in total. The van der Waals surface area contributed by atoms with E-state index in [9.17, 15) is 4.79 Å². The number of benzene rings is 1. The van der Waals surface area contributed by atoms with E-state index in [0.717, 1.165) is 38.5 Å². The highest BCUT2D eigenvalue weighted by molar-refractivity contribution is 5.68. The van der Waals surface area contributed by atoms with Gasteiger partial charge < -0.3 is 10.1 Å². The highest BCUT2D eigenvalue weighted by Crippen LogP contribution is 2.25. The molecule has 0 spiro atoms. The summed E-state index contributed by atoms with van der Waals surface area (Å²) in [7, 11) is 0. The van der Waals surface area contributed by atoms with Crippen molar-refractivity contribution < 1.29 is 9.53 Å². The Morgan fingerprint density at radius 2 is 1.83 bits per heavy atom. The van der Waals surface area contributed by atoms with Crippen LogP contribution in [0.2, 0.25) is 0 Å². The van der Waals surface area contributed by atoms with E-state index in [1.165, 1.54) is 5.56 Å². The number of alkyl carbamates (subject to hydrolysis) is 1. The SMILES string of the molecule is CC(C)(C)OC(=O)NC1CCC(/C=C/CCc2ccccc2)CC1. The molecule has 0 bridgehead atoms. The molecule has 24 heavy (non-hydrogen) atoms. The minimum Gasteiger partial charge on any atom is -0.444 e. The molecule has 1 saturated carbocycles. The normalized spacial score (nSPS) is 21.6. The number of nitrogens with one attached hydrogen (secondary N) is 1. The van der Waals surface area contributed by atoms with E-state index < -0.39 is 5.60 Å². The maximum absolute atomic E-state index is 11.8. The van der Waals surface area contributed by atoms with Gasteiger partial charge in [0.2, 0.25) is 0 Å². The summed E-state index contributed by atoms with van der Waals surface area (Å²) in [5.41, 5.74) is 0.968. The van der Waals surface area contributed by atoms with Crippen molar-refractivity contribution in [1.82, 2.24) is 5.32 Å². The van der Waals surface area contributed by atoms with Crippen LogP contribution in [0, 0.1) is 5.92 Å². The molecule has 1 fully saturated rings.